The van der Waals surface area contributed by atoms with Crippen molar-refractivity contribution in [2.24, 2.45) is 0 Å². The summed E-state index contributed by atoms with van der Waals surface area (Å²) < 4.78 is 32.7. The average Bonchev–Trinajstić information content (AvgIpc) is 2.70. The number of piperidine rings is 1. The quantitative estimate of drug-likeness (QED) is 0.689. The molecule has 0 spiro atoms. The summed E-state index contributed by atoms with van der Waals surface area (Å²) in [5, 5.41) is 1.69. The van der Waals surface area contributed by atoms with Crippen LogP contribution in [0.4, 0.5) is 5.69 Å². The molecule has 0 saturated carbocycles. The van der Waals surface area contributed by atoms with E-state index in [9.17, 15) is 18.0 Å². The highest BCUT2D eigenvalue weighted by molar-refractivity contribution is 7.92. The highest BCUT2D eigenvalue weighted by Gasteiger charge is 2.32. The lowest BCUT2D eigenvalue weighted by atomic mass is 10.1. The van der Waals surface area contributed by atoms with E-state index in [-0.39, 0.29) is 23.1 Å². The summed E-state index contributed by atoms with van der Waals surface area (Å²) in [6.07, 6.45) is 0.710. The van der Waals surface area contributed by atoms with Crippen molar-refractivity contribution in [1.29, 1.82) is 0 Å². The van der Waals surface area contributed by atoms with Gasteiger partial charge in [-0.2, -0.15) is 12.8 Å². The second kappa shape index (κ2) is 8.53. The van der Waals surface area contributed by atoms with Gasteiger partial charge in [-0.1, -0.05) is 30.3 Å². The third-order valence-electron chi connectivity index (χ3n) is 4.56. The molecule has 0 amide bonds. The first kappa shape index (κ1) is 20.0. The van der Waals surface area contributed by atoms with Gasteiger partial charge in [-0.25, -0.2) is 5.01 Å². The van der Waals surface area contributed by atoms with Gasteiger partial charge in [0.25, 0.3) is 10.0 Å². The number of ketones is 1. The summed E-state index contributed by atoms with van der Waals surface area (Å²) in [5.74, 6) is -0.256. The first-order valence-corrected chi connectivity index (χ1v) is 10.4. The standard InChI is InChI=1S/C20H22N2O5S/c1-27-20(24)15-16-7-9-19(10-8-16)28(25,26)22(17-5-3-2-4-6-17)21-13-11-18(23)12-14-21/h2-10H,11-15H2,1H3. The molecule has 28 heavy (non-hydrogen) atoms. The molecule has 0 radical (unpaired) electrons. The van der Waals surface area contributed by atoms with Crippen molar-refractivity contribution in [3.05, 3.63) is 60.2 Å². The van der Waals surface area contributed by atoms with E-state index in [0.717, 1.165) is 0 Å². The lowest BCUT2D eigenvalue weighted by Crippen LogP contribution is -2.50. The van der Waals surface area contributed by atoms with Crippen LogP contribution in [0.3, 0.4) is 0 Å². The van der Waals surface area contributed by atoms with Crippen LogP contribution in [0.5, 0.6) is 0 Å². The van der Waals surface area contributed by atoms with E-state index in [2.05, 4.69) is 4.74 Å². The highest BCUT2D eigenvalue weighted by atomic mass is 32.2. The van der Waals surface area contributed by atoms with Crippen molar-refractivity contribution in [3.63, 3.8) is 0 Å². The minimum Gasteiger partial charge on any atom is -0.469 e. The third-order valence-corrected chi connectivity index (χ3v) is 6.32. The number of hydrogen-bond acceptors (Lipinski definition) is 6. The zero-order valence-corrected chi connectivity index (χ0v) is 16.4. The normalized spacial score (nSPS) is 15.2. The lowest BCUT2D eigenvalue weighted by molar-refractivity contribution is -0.139. The zero-order chi connectivity index (χ0) is 20.1. The summed E-state index contributed by atoms with van der Waals surface area (Å²) in [6.45, 7) is 0.681. The molecule has 1 aliphatic heterocycles. The molecule has 0 N–H and O–H groups in total. The Morgan fingerprint density at radius 2 is 1.64 bits per heavy atom. The Labute approximate surface area is 164 Å². The molecule has 1 fully saturated rings. The fraction of sp³-hybridized carbons (Fsp3) is 0.300. The van der Waals surface area contributed by atoms with E-state index in [1.54, 1.807) is 41.4 Å². The predicted octanol–water partition coefficient (Wildman–Crippen LogP) is 2.18. The van der Waals surface area contributed by atoms with Gasteiger partial charge in [-0.15, -0.1) is 0 Å². The Balaban J connectivity index is 1.94. The Bertz CT molecular complexity index is 932. The summed E-state index contributed by atoms with van der Waals surface area (Å²) in [7, 11) is -2.58. The molecule has 7 nitrogen and oxygen atoms in total. The van der Waals surface area contributed by atoms with Gasteiger partial charge >= 0.3 is 5.97 Å². The van der Waals surface area contributed by atoms with Crippen LogP contribution in [0.2, 0.25) is 0 Å². The van der Waals surface area contributed by atoms with E-state index in [1.807, 2.05) is 6.07 Å². The number of Topliss-reactive ketones (excluding diaryl/α,β-unsaturated/α-hetero) is 1. The molecule has 0 atom stereocenters. The van der Waals surface area contributed by atoms with Crippen LogP contribution < -0.4 is 4.41 Å². The van der Waals surface area contributed by atoms with Gasteiger partial charge in [0.2, 0.25) is 0 Å². The molecule has 8 heteroatoms. The number of hydrogen-bond donors (Lipinski definition) is 0. The zero-order valence-electron chi connectivity index (χ0n) is 15.6. The van der Waals surface area contributed by atoms with Gasteiger partial charge < -0.3 is 4.74 Å². The van der Waals surface area contributed by atoms with E-state index in [4.69, 9.17) is 0 Å². The van der Waals surface area contributed by atoms with Crippen molar-refractivity contribution >= 4 is 27.5 Å². The largest absolute Gasteiger partial charge is 0.469 e. The topological polar surface area (TPSA) is 84.0 Å². The van der Waals surface area contributed by atoms with Crippen molar-refractivity contribution in [3.8, 4) is 0 Å². The average molecular weight is 402 g/mol. The van der Waals surface area contributed by atoms with Gasteiger partial charge in [0.15, 0.2) is 0 Å². The van der Waals surface area contributed by atoms with Crippen molar-refractivity contribution < 1.29 is 22.7 Å². The van der Waals surface area contributed by atoms with Crippen molar-refractivity contribution in [2.45, 2.75) is 24.2 Å². The van der Waals surface area contributed by atoms with Crippen molar-refractivity contribution in [2.75, 3.05) is 24.6 Å². The molecule has 0 unspecified atom stereocenters. The molecular weight excluding hydrogens is 380 g/mol. The number of hydrazine groups is 1. The van der Waals surface area contributed by atoms with E-state index in [0.29, 0.717) is 37.2 Å². The van der Waals surface area contributed by atoms with Gasteiger partial charge in [0.1, 0.15) is 5.78 Å². The fourth-order valence-corrected chi connectivity index (χ4v) is 4.60. The Morgan fingerprint density at radius 1 is 1.04 bits per heavy atom. The first-order valence-electron chi connectivity index (χ1n) is 8.94. The Kier molecular flexibility index (Phi) is 6.11. The summed E-state index contributed by atoms with van der Waals surface area (Å²) in [5.41, 5.74) is 1.18. The maximum atomic E-state index is 13.4. The number of esters is 1. The number of carbonyl (C=O) groups is 2. The van der Waals surface area contributed by atoms with E-state index < -0.39 is 10.0 Å². The summed E-state index contributed by atoms with van der Waals surface area (Å²) >= 11 is 0. The molecule has 2 aromatic rings. The number of nitrogens with zero attached hydrogens (tertiary/aromatic N) is 2. The maximum Gasteiger partial charge on any atom is 0.309 e. The van der Waals surface area contributed by atoms with Crippen molar-refractivity contribution in [1.82, 2.24) is 5.01 Å². The highest BCUT2D eigenvalue weighted by Crippen LogP contribution is 2.27. The lowest BCUT2D eigenvalue weighted by Gasteiger charge is -2.37. The number of anilines is 1. The van der Waals surface area contributed by atoms with Gasteiger partial charge in [-0.3, -0.25) is 9.59 Å². The van der Waals surface area contributed by atoms with Gasteiger partial charge in [-0.05, 0) is 29.8 Å². The van der Waals surface area contributed by atoms with E-state index in [1.165, 1.54) is 23.7 Å². The van der Waals surface area contributed by atoms with Gasteiger partial charge in [0.05, 0.1) is 24.1 Å². The molecule has 0 aliphatic carbocycles. The van der Waals surface area contributed by atoms with E-state index >= 15 is 0 Å². The third kappa shape index (κ3) is 4.40. The predicted molar refractivity (Wildman–Crippen MR) is 104 cm³/mol. The van der Waals surface area contributed by atoms with Crippen LogP contribution in [-0.2, 0) is 30.8 Å². The minimum absolute atomic E-state index is 0.0768. The number of rotatable bonds is 6. The first-order chi connectivity index (χ1) is 13.4. The van der Waals surface area contributed by atoms with Crippen LogP contribution in [0.25, 0.3) is 0 Å². The molecule has 2 aromatic carbocycles. The molecule has 1 heterocycles. The number of para-hydroxylation sites is 1. The smallest absolute Gasteiger partial charge is 0.309 e. The molecule has 1 saturated heterocycles. The molecule has 148 valence electrons. The summed E-state index contributed by atoms with van der Waals surface area (Å²) in [6, 6.07) is 15.0. The second-order valence-corrected chi connectivity index (χ2v) is 8.24. The molecular formula is C20H22N2O5S. The summed E-state index contributed by atoms with van der Waals surface area (Å²) in [4.78, 5) is 23.1. The van der Waals surface area contributed by atoms with Crippen LogP contribution in [-0.4, -0.2) is 45.4 Å². The molecule has 0 aromatic heterocycles. The SMILES string of the molecule is COC(=O)Cc1ccc(S(=O)(=O)N(c2ccccc2)N2CCC(=O)CC2)cc1. The maximum absolute atomic E-state index is 13.4. The molecule has 3 rings (SSSR count). The number of carbonyl (C=O) groups excluding carboxylic acids is 2. The number of benzene rings is 2. The second-order valence-electron chi connectivity index (χ2n) is 6.47. The minimum atomic E-state index is -3.89. The molecule has 0 bridgehead atoms. The van der Waals surface area contributed by atoms with Gasteiger partial charge in [0, 0.05) is 25.9 Å². The number of ether oxygens (including phenoxy) is 1. The molecule has 1 aliphatic rings. The Hall–Kier alpha value is -2.71. The number of sulfonamides is 1. The van der Waals surface area contributed by atoms with Crippen LogP contribution in [0.15, 0.2) is 59.5 Å². The fourth-order valence-electron chi connectivity index (χ4n) is 3.05. The van der Waals surface area contributed by atoms with Crippen LogP contribution >= 0.6 is 0 Å². The van der Waals surface area contributed by atoms with Crippen LogP contribution in [0.1, 0.15) is 18.4 Å². The monoisotopic (exact) mass is 402 g/mol. The number of methoxy groups -OCH3 is 1. The van der Waals surface area contributed by atoms with Crippen LogP contribution in [0, 0.1) is 0 Å². The Morgan fingerprint density at radius 3 is 2.21 bits per heavy atom.